The Morgan fingerprint density at radius 1 is 0.729 bits per heavy atom. The molecule has 16 heteroatoms. The van der Waals surface area contributed by atoms with E-state index in [0.717, 1.165) is 24.0 Å². The molecule has 70 heavy (non-hydrogen) atoms. The second-order valence-corrected chi connectivity index (χ2v) is 23.5. The highest BCUT2D eigenvalue weighted by Gasteiger charge is 2.77. The Morgan fingerprint density at radius 2 is 1.24 bits per heavy atom. The number of azide groups is 1. The van der Waals surface area contributed by atoms with Crippen molar-refractivity contribution in [3.05, 3.63) is 94.9 Å². The molecule has 0 radical (unpaired) electrons. The minimum atomic E-state index is -1.51. The first kappa shape index (κ1) is 53.4. The minimum Gasteiger partial charge on any atom is -0.456 e. The molecule has 3 saturated carbocycles. The molecule has 2 saturated heterocycles. The molecule has 2 bridgehead atoms. The second kappa shape index (κ2) is 20.6. The SMILES string of the molecule is C=CCO[C@H]1[C@H](OCc2ccccc2)[C@@H](N=[N+]=[N-])[C@@H](O[C@@H]2[C@@H](OC(=O)C(C)(C)C)[C@H](OC(=O)C(C)(C)C)[C@H]3OC4(CC5CCC4(C)C5(C)C)O[C@H]3[C@H]2OC(=O)C(C)(C)C)O[C@@H]1COCc1ccccc1. The van der Waals surface area contributed by atoms with Crippen LogP contribution in [0.2, 0.25) is 0 Å². The first-order chi connectivity index (χ1) is 32.8. The number of nitrogens with zero attached hydrogens (tertiary/aromatic N) is 3. The number of fused-ring (bicyclic) bond motifs is 4. The van der Waals surface area contributed by atoms with Crippen LogP contribution < -0.4 is 0 Å². The van der Waals surface area contributed by atoms with E-state index in [1.54, 1.807) is 68.4 Å². The van der Waals surface area contributed by atoms with Crippen molar-refractivity contribution in [2.75, 3.05) is 13.2 Å². The van der Waals surface area contributed by atoms with E-state index in [1.165, 1.54) is 0 Å². The fourth-order valence-corrected chi connectivity index (χ4v) is 10.5. The summed E-state index contributed by atoms with van der Waals surface area (Å²) in [6.45, 7) is 26.3. The summed E-state index contributed by atoms with van der Waals surface area (Å²) < 4.78 is 67.7. The molecule has 3 unspecified atom stereocenters. The lowest BCUT2D eigenvalue weighted by Gasteiger charge is -2.50. The molecule has 3 aliphatic carbocycles. The number of carbonyl (C=O) groups excluding carboxylic acids is 3. The summed E-state index contributed by atoms with van der Waals surface area (Å²) in [5.74, 6) is -2.84. The Bertz CT molecular complexity index is 2220. The van der Waals surface area contributed by atoms with Gasteiger partial charge in [-0.05, 0) is 103 Å². The van der Waals surface area contributed by atoms with Crippen molar-refractivity contribution in [2.24, 2.45) is 38.1 Å². The highest BCUT2D eigenvalue weighted by molar-refractivity contribution is 5.77. The summed E-state index contributed by atoms with van der Waals surface area (Å²) in [4.78, 5) is 46.3. The van der Waals surface area contributed by atoms with Crippen LogP contribution in [0, 0.1) is 33.0 Å². The van der Waals surface area contributed by atoms with Crippen molar-refractivity contribution in [1.82, 2.24) is 0 Å². The summed E-state index contributed by atoms with van der Waals surface area (Å²) in [5.41, 5.74) is 8.19. The first-order valence-corrected chi connectivity index (χ1v) is 24.7. The average molecular weight is 974 g/mol. The van der Waals surface area contributed by atoms with Gasteiger partial charge in [0.05, 0.1) is 42.7 Å². The Balaban J connectivity index is 1.38. The minimum absolute atomic E-state index is 0.0359. The Hall–Kier alpha value is -4.38. The molecule has 7 rings (SSSR count). The summed E-state index contributed by atoms with van der Waals surface area (Å²) >= 11 is 0. The van der Waals surface area contributed by atoms with Crippen LogP contribution in [0.15, 0.2) is 78.4 Å². The zero-order chi connectivity index (χ0) is 51.0. The molecule has 2 aromatic carbocycles. The normalized spacial score (nSPS) is 34.6. The Labute approximate surface area is 413 Å². The molecule has 1 spiro atoms. The van der Waals surface area contributed by atoms with Crippen molar-refractivity contribution in [2.45, 2.75) is 189 Å². The Morgan fingerprint density at radius 3 is 1.71 bits per heavy atom. The molecule has 0 N–H and O–H groups in total. The molecule has 16 nitrogen and oxygen atoms in total. The van der Waals surface area contributed by atoms with Gasteiger partial charge in [0.15, 0.2) is 30.4 Å². The fourth-order valence-electron chi connectivity index (χ4n) is 10.5. The highest BCUT2D eigenvalue weighted by atomic mass is 16.8. The summed E-state index contributed by atoms with van der Waals surface area (Å²) in [6.07, 6.45) is -8.44. The predicted molar refractivity (Wildman–Crippen MR) is 257 cm³/mol. The van der Waals surface area contributed by atoms with Crippen molar-refractivity contribution in [1.29, 1.82) is 0 Å². The van der Waals surface area contributed by atoms with Crippen molar-refractivity contribution >= 4 is 17.9 Å². The van der Waals surface area contributed by atoms with Gasteiger partial charge in [-0.3, -0.25) is 14.4 Å². The predicted octanol–water partition coefficient (Wildman–Crippen LogP) is 9.36. The number of hydrogen-bond donors (Lipinski definition) is 0. The molecule has 2 aliphatic heterocycles. The standard InChI is InChI=1S/C54H75N3O13/c1-14-27-62-37-35(31-61-29-32-21-17-15-18-22-32)64-45(36(56-57-55)38(37)63-30-33-23-19-16-20-24-33)65-39-40(66-46(58)49(2,3)4)42(68-48(60)51(8,9)10)44-43(41(39)67-47(59)50(5,6)7)69-54(70-44)28-34-25-26-53(54,13)52(34,11)12/h14-24,34-45H,1,25-31H2,2-13H3/t34?,35-,36-,37-,38-,39-,40-,41+,42+,43+,44-,45-,53?,54?/m1/s1. The lowest BCUT2D eigenvalue weighted by atomic mass is 9.68. The molecule has 2 aromatic rings. The molecule has 2 heterocycles. The number of rotatable bonds is 16. The maximum atomic E-state index is 14.4. The monoisotopic (exact) mass is 974 g/mol. The van der Waals surface area contributed by atoms with Gasteiger partial charge in [0.1, 0.15) is 42.7 Å². The lowest BCUT2D eigenvalue weighted by Crippen LogP contribution is -2.69. The number of benzene rings is 2. The fraction of sp³-hybridized carbons (Fsp3) is 0.685. The third kappa shape index (κ3) is 10.7. The van der Waals surface area contributed by atoms with E-state index in [4.69, 9.17) is 47.4 Å². The van der Waals surface area contributed by atoms with E-state index >= 15 is 0 Å². The van der Waals surface area contributed by atoms with Crippen LogP contribution in [0.25, 0.3) is 10.4 Å². The quantitative estimate of drug-likeness (QED) is 0.0386. The molecular weight excluding hydrogens is 899 g/mol. The zero-order valence-electron chi connectivity index (χ0n) is 43.1. The molecule has 5 fully saturated rings. The molecule has 384 valence electrons. The first-order valence-electron chi connectivity index (χ1n) is 24.7. The van der Waals surface area contributed by atoms with Gasteiger partial charge in [-0.25, -0.2) is 0 Å². The van der Waals surface area contributed by atoms with Crippen molar-refractivity contribution in [3.63, 3.8) is 0 Å². The van der Waals surface area contributed by atoms with Crippen LogP contribution in [-0.2, 0) is 75.0 Å². The maximum absolute atomic E-state index is 14.4. The zero-order valence-corrected chi connectivity index (χ0v) is 43.1. The van der Waals surface area contributed by atoms with E-state index < -0.39 is 113 Å². The third-order valence-corrected chi connectivity index (χ3v) is 15.1. The maximum Gasteiger partial charge on any atom is 0.311 e. The van der Waals surface area contributed by atoms with Crippen LogP contribution in [0.5, 0.6) is 0 Å². The summed E-state index contributed by atoms with van der Waals surface area (Å²) in [5, 5.41) is 4.27. The highest BCUT2D eigenvalue weighted by Crippen LogP contribution is 2.73. The average Bonchev–Trinajstić information content (AvgIpc) is 3.84. The number of hydrogen-bond acceptors (Lipinski definition) is 14. The van der Waals surface area contributed by atoms with Gasteiger partial charge < -0.3 is 47.4 Å². The van der Waals surface area contributed by atoms with E-state index in [0.29, 0.717) is 6.42 Å². The van der Waals surface area contributed by atoms with Crippen molar-refractivity contribution < 1.29 is 61.8 Å². The van der Waals surface area contributed by atoms with Gasteiger partial charge in [0.25, 0.3) is 0 Å². The largest absolute Gasteiger partial charge is 0.456 e. The molecule has 5 aliphatic rings. The molecule has 0 aromatic heterocycles. The van der Waals surface area contributed by atoms with Crippen LogP contribution in [0.4, 0.5) is 0 Å². The van der Waals surface area contributed by atoms with Gasteiger partial charge in [-0.2, -0.15) is 0 Å². The summed E-state index contributed by atoms with van der Waals surface area (Å²) in [6, 6.07) is 17.8. The van der Waals surface area contributed by atoms with Gasteiger partial charge in [-0.1, -0.05) is 92.6 Å². The number of carbonyl (C=O) groups is 3. The molecular formula is C54H75N3O13. The Kier molecular flexibility index (Phi) is 15.7. The second-order valence-electron chi connectivity index (χ2n) is 23.5. The van der Waals surface area contributed by atoms with Crippen LogP contribution in [-0.4, -0.2) is 104 Å². The molecule has 0 amide bonds. The van der Waals surface area contributed by atoms with E-state index in [1.807, 2.05) is 60.7 Å². The summed E-state index contributed by atoms with van der Waals surface area (Å²) in [7, 11) is 0. The number of esters is 3. The third-order valence-electron chi connectivity index (χ3n) is 15.1. The number of ether oxygens (including phenoxy) is 10. The van der Waals surface area contributed by atoms with Gasteiger partial charge in [0.2, 0.25) is 0 Å². The van der Waals surface area contributed by atoms with Crippen LogP contribution in [0.1, 0.15) is 113 Å². The van der Waals surface area contributed by atoms with Crippen LogP contribution in [0.3, 0.4) is 0 Å². The smallest absolute Gasteiger partial charge is 0.311 e. The van der Waals surface area contributed by atoms with Gasteiger partial charge in [-0.15, -0.1) is 6.58 Å². The lowest BCUT2D eigenvalue weighted by molar-refractivity contribution is -0.323. The van der Waals surface area contributed by atoms with Crippen LogP contribution >= 0.6 is 0 Å². The molecule has 14 atom stereocenters. The van der Waals surface area contributed by atoms with Gasteiger partial charge >= 0.3 is 17.9 Å². The topological polar surface area (TPSA) is 192 Å². The van der Waals surface area contributed by atoms with Gasteiger partial charge in [0, 0.05) is 16.7 Å². The van der Waals surface area contributed by atoms with Crippen molar-refractivity contribution in [3.8, 4) is 0 Å². The van der Waals surface area contributed by atoms with E-state index in [9.17, 15) is 19.9 Å². The van der Waals surface area contributed by atoms with E-state index in [-0.39, 0.29) is 37.8 Å². The van der Waals surface area contributed by atoms with E-state index in [2.05, 4.69) is 37.4 Å².